The highest BCUT2D eigenvalue weighted by molar-refractivity contribution is 6.30. The maximum absolute atomic E-state index is 12.2. The number of hydrogen-bond donors (Lipinski definition) is 0. The minimum Gasteiger partial charge on any atom is -0.292 e. The van der Waals surface area contributed by atoms with Crippen LogP contribution in [0.2, 0.25) is 5.02 Å². The van der Waals surface area contributed by atoms with Crippen molar-refractivity contribution in [1.29, 1.82) is 0 Å². The Morgan fingerprint density at radius 1 is 1.32 bits per heavy atom. The van der Waals surface area contributed by atoms with Crippen molar-refractivity contribution in [3.63, 3.8) is 0 Å². The average molecular weight is 275 g/mol. The van der Waals surface area contributed by atoms with E-state index in [1.54, 1.807) is 47.4 Å². The van der Waals surface area contributed by atoms with E-state index >= 15 is 0 Å². The number of carbonyl (C=O) groups is 1. The van der Waals surface area contributed by atoms with E-state index in [2.05, 4.69) is 5.10 Å². The molecule has 0 amide bonds. The Morgan fingerprint density at radius 2 is 2.00 bits per heavy atom. The van der Waals surface area contributed by atoms with E-state index in [4.69, 9.17) is 11.6 Å². The van der Waals surface area contributed by atoms with Crippen LogP contribution in [0, 0.1) is 0 Å². The molecular formula is C15H15ClN2O. The first kappa shape index (κ1) is 13.6. The van der Waals surface area contributed by atoms with Crippen molar-refractivity contribution in [3.8, 4) is 0 Å². The van der Waals surface area contributed by atoms with Crippen LogP contribution < -0.4 is 0 Å². The van der Waals surface area contributed by atoms with Gasteiger partial charge in [0.15, 0.2) is 5.78 Å². The van der Waals surface area contributed by atoms with Crippen molar-refractivity contribution >= 4 is 23.5 Å². The molecule has 0 aliphatic rings. The Hall–Kier alpha value is -1.87. The predicted molar refractivity (Wildman–Crippen MR) is 77.0 cm³/mol. The van der Waals surface area contributed by atoms with Gasteiger partial charge in [0.1, 0.15) is 5.54 Å². The van der Waals surface area contributed by atoms with E-state index < -0.39 is 5.54 Å². The van der Waals surface area contributed by atoms with Gasteiger partial charge in [-0.05, 0) is 43.7 Å². The van der Waals surface area contributed by atoms with Crippen molar-refractivity contribution in [1.82, 2.24) is 9.78 Å². The lowest BCUT2D eigenvalue weighted by Crippen LogP contribution is -2.35. The fraction of sp³-hybridized carbons (Fsp3) is 0.200. The molecule has 4 heteroatoms. The Balaban J connectivity index is 2.15. The summed E-state index contributed by atoms with van der Waals surface area (Å²) in [5, 5.41) is 4.80. The smallest absolute Gasteiger partial charge is 0.182 e. The molecule has 2 aromatic rings. The van der Waals surface area contributed by atoms with E-state index in [0.29, 0.717) is 5.02 Å². The average Bonchev–Trinajstić information content (AvgIpc) is 2.92. The number of halogens is 1. The molecule has 0 bridgehead atoms. The minimum absolute atomic E-state index is 0.00819. The lowest BCUT2D eigenvalue weighted by Gasteiger charge is -2.21. The molecule has 0 aliphatic heterocycles. The first-order valence-corrected chi connectivity index (χ1v) is 6.36. The Morgan fingerprint density at radius 3 is 2.58 bits per heavy atom. The van der Waals surface area contributed by atoms with Gasteiger partial charge in [0.2, 0.25) is 0 Å². The summed E-state index contributed by atoms with van der Waals surface area (Å²) in [5.41, 5.74) is 0.251. The number of carbonyl (C=O) groups excluding carboxylic acids is 1. The first-order chi connectivity index (χ1) is 9.00. The second-order valence-corrected chi connectivity index (χ2v) is 5.20. The van der Waals surface area contributed by atoms with E-state index in [-0.39, 0.29) is 5.78 Å². The number of allylic oxidation sites excluding steroid dienone is 1. The SMILES string of the molecule is CC(C)(C(=O)C=Cc1ccc(Cl)cc1)n1cccn1. The highest BCUT2D eigenvalue weighted by atomic mass is 35.5. The highest BCUT2D eigenvalue weighted by Crippen LogP contribution is 2.17. The molecule has 98 valence electrons. The molecule has 0 N–H and O–H groups in total. The molecule has 0 spiro atoms. The summed E-state index contributed by atoms with van der Waals surface area (Å²) in [5.74, 6) is -0.00819. The van der Waals surface area contributed by atoms with E-state index in [0.717, 1.165) is 5.56 Å². The molecule has 0 saturated heterocycles. The fourth-order valence-corrected chi connectivity index (χ4v) is 1.79. The van der Waals surface area contributed by atoms with Crippen LogP contribution in [0.3, 0.4) is 0 Å². The van der Waals surface area contributed by atoms with Crippen LogP contribution in [0.1, 0.15) is 19.4 Å². The topological polar surface area (TPSA) is 34.9 Å². The van der Waals surface area contributed by atoms with Gasteiger partial charge in [0.05, 0.1) is 0 Å². The third-order valence-corrected chi connectivity index (χ3v) is 3.23. The van der Waals surface area contributed by atoms with Gasteiger partial charge in [-0.3, -0.25) is 9.48 Å². The fourth-order valence-electron chi connectivity index (χ4n) is 1.66. The second-order valence-electron chi connectivity index (χ2n) is 4.76. The molecule has 1 heterocycles. The summed E-state index contributed by atoms with van der Waals surface area (Å²) < 4.78 is 1.65. The molecular weight excluding hydrogens is 260 g/mol. The zero-order chi connectivity index (χ0) is 13.9. The molecule has 0 radical (unpaired) electrons. The molecule has 3 nitrogen and oxygen atoms in total. The van der Waals surface area contributed by atoms with E-state index in [1.807, 2.05) is 26.0 Å². The zero-order valence-corrected chi connectivity index (χ0v) is 11.6. The van der Waals surface area contributed by atoms with Crippen LogP contribution in [0.25, 0.3) is 6.08 Å². The third kappa shape index (κ3) is 3.12. The summed E-state index contributed by atoms with van der Waals surface area (Å²) in [4.78, 5) is 12.2. The van der Waals surface area contributed by atoms with Crippen LogP contribution in [0.5, 0.6) is 0 Å². The number of benzene rings is 1. The van der Waals surface area contributed by atoms with Gasteiger partial charge in [-0.1, -0.05) is 29.8 Å². The highest BCUT2D eigenvalue weighted by Gasteiger charge is 2.27. The van der Waals surface area contributed by atoms with Crippen molar-refractivity contribution < 1.29 is 4.79 Å². The van der Waals surface area contributed by atoms with Crippen LogP contribution in [0.4, 0.5) is 0 Å². The van der Waals surface area contributed by atoms with Gasteiger partial charge in [-0.25, -0.2) is 0 Å². The maximum atomic E-state index is 12.2. The Kier molecular flexibility index (Phi) is 3.86. The van der Waals surface area contributed by atoms with Crippen LogP contribution >= 0.6 is 11.6 Å². The second kappa shape index (κ2) is 5.41. The molecule has 0 unspecified atom stereocenters. The van der Waals surface area contributed by atoms with Gasteiger partial charge in [-0.15, -0.1) is 0 Å². The summed E-state index contributed by atoms with van der Waals surface area (Å²) in [6.07, 6.45) is 6.81. The first-order valence-electron chi connectivity index (χ1n) is 5.98. The Bertz CT molecular complexity index is 583. The monoisotopic (exact) mass is 274 g/mol. The quantitative estimate of drug-likeness (QED) is 0.799. The zero-order valence-electron chi connectivity index (χ0n) is 10.9. The minimum atomic E-state index is -0.688. The number of aromatic nitrogens is 2. The molecule has 0 fully saturated rings. The number of ketones is 1. The molecule has 19 heavy (non-hydrogen) atoms. The van der Waals surface area contributed by atoms with Crippen molar-refractivity contribution in [3.05, 3.63) is 59.4 Å². The molecule has 0 atom stereocenters. The van der Waals surface area contributed by atoms with Crippen molar-refractivity contribution in [2.45, 2.75) is 19.4 Å². The lowest BCUT2D eigenvalue weighted by atomic mass is 9.98. The van der Waals surface area contributed by atoms with E-state index in [9.17, 15) is 4.79 Å². The van der Waals surface area contributed by atoms with Gasteiger partial charge >= 0.3 is 0 Å². The van der Waals surface area contributed by atoms with Crippen molar-refractivity contribution in [2.24, 2.45) is 0 Å². The normalized spacial score (nSPS) is 11.9. The van der Waals surface area contributed by atoms with Gasteiger partial charge in [0.25, 0.3) is 0 Å². The largest absolute Gasteiger partial charge is 0.292 e. The number of nitrogens with zero attached hydrogens (tertiary/aromatic N) is 2. The van der Waals surface area contributed by atoms with Gasteiger partial charge in [-0.2, -0.15) is 5.10 Å². The lowest BCUT2D eigenvalue weighted by molar-refractivity contribution is -0.121. The summed E-state index contributed by atoms with van der Waals surface area (Å²) in [6, 6.07) is 9.13. The van der Waals surface area contributed by atoms with Gasteiger partial charge < -0.3 is 0 Å². The maximum Gasteiger partial charge on any atom is 0.182 e. The van der Waals surface area contributed by atoms with Crippen molar-refractivity contribution in [2.75, 3.05) is 0 Å². The molecule has 1 aromatic carbocycles. The Labute approximate surface area is 117 Å². The summed E-state index contributed by atoms with van der Waals surface area (Å²) >= 11 is 5.81. The van der Waals surface area contributed by atoms with Crippen LogP contribution in [0.15, 0.2) is 48.8 Å². The van der Waals surface area contributed by atoms with Crippen LogP contribution in [-0.2, 0) is 10.3 Å². The molecule has 2 rings (SSSR count). The van der Waals surface area contributed by atoms with Crippen LogP contribution in [-0.4, -0.2) is 15.6 Å². The predicted octanol–water partition coefficient (Wildman–Crippen LogP) is 3.55. The van der Waals surface area contributed by atoms with Gasteiger partial charge in [0, 0.05) is 17.4 Å². The summed E-state index contributed by atoms with van der Waals surface area (Å²) in [7, 11) is 0. The molecule has 0 saturated carbocycles. The third-order valence-electron chi connectivity index (χ3n) is 2.98. The molecule has 0 aliphatic carbocycles. The number of rotatable bonds is 4. The summed E-state index contributed by atoms with van der Waals surface area (Å²) in [6.45, 7) is 3.68. The van der Waals surface area contributed by atoms with E-state index in [1.165, 1.54) is 0 Å². The number of hydrogen-bond acceptors (Lipinski definition) is 2. The molecule has 1 aromatic heterocycles. The standard InChI is InChI=1S/C15H15ClN2O/c1-15(2,18-11-3-10-17-18)14(19)9-6-12-4-7-13(16)8-5-12/h3-11H,1-2H3.